The molecule has 1 saturated heterocycles. The summed E-state index contributed by atoms with van der Waals surface area (Å²) in [5.74, 6) is 1.17. The molecule has 1 aliphatic heterocycles. The smallest absolute Gasteiger partial charge is 0.318 e. The zero-order valence-electron chi connectivity index (χ0n) is 16.9. The minimum Gasteiger partial charge on any atom is -0.497 e. The highest BCUT2D eigenvalue weighted by molar-refractivity contribution is 5.87. The van der Waals surface area contributed by atoms with Crippen molar-refractivity contribution < 1.29 is 14.3 Å². The van der Waals surface area contributed by atoms with Gasteiger partial charge in [0.25, 0.3) is 0 Å². The second-order valence-electron chi connectivity index (χ2n) is 7.55. The van der Waals surface area contributed by atoms with Gasteiger partial charge in [0.15, 0.2) is 0 Å². The molecule has 1 aliphatic rings. The quantitative estimate of drug-likeness (QED) is 0.705. The fourth-order valence-electron chi connectivity index (χ4n) is 3.50. The highest BCUT2D eigenvalue weighted by Gasteiger charge is 2.28. The van der Waals surface area contributed by atoms with Crippen molar-refractivity contribution in [3.8, 4) is 11.8 Å². The van der Waals surface area contributed by atoms with E-state index in [4.69, 9.17) is 10.00 Å². The summed E-state index contributed by atoms with van der Waals surface area (Å²) < 4.78 is 5.30. The maximum Gasteiger partial charge on any atom is 0.318 e. The predicted molar refractivity (Wildman–Crippen MR) is 107 cm³/mol. The van der Waals surface area contributed by atoms with Crippen LogP contribution in [0.2, 0.25) is 0 Å². The van der Waals surface area contributed by atoms with Gasteiger partial charge < -0.3 is 20.3 Å². The second kappa shape index (κ2) is 10.5. The molecule has 1 fully saturated rings. The van der Waals surface area contributed by atoms with Gasteiger partial charge in [-0.25, -0.2) is 4.79 Å². The van der Waals surface area contributed by atoms with Gasteiger partial charge in [-0.2, -0.15) is 5.26 Å². The third kappa shape index (κ3) is 6.15. The molecule has 1 aromatic carbocycles. The number of nitriles is 1. The van der Waals surface area contributed by atoms with Gasteiger partial charge in [-0.1, -0.05) is 26.0 Å². The molecule has 2 rings (SSSR count). The Labute approximate surface area is 167 Å². The van der Waals surface area contributed by atoms with Crippen LogP contribution in [-0.4, -0.2) is 49.6 Å². The summed E-state index contributed by atoms with van der Waals surface area (Å²) in [4.78, 5) is 26.7. The molecule has 1 heterocycles. The van der Waals surface area contributed by atoms with Crippen molar-refractivity contribution in [2.75, 3.05) is 26.7 Å². The molecule has 0 bridgehead atoms. The standard InChI is InChI=1S/C21H30N4O3/c1-15(2)13-19(20(26)23-10-9-22)24-21(27)25-11-7-16(8-12-25)17-5-4-6-18(14-17)28-3/h4-6,14-16,19H,7-8,10-13H2,1-3H3,(H,23,26)(H,24,27). The monoisotopic (exact) mass is 386 g/mol. The van der Waals surface area contributed by atoms with Crippen molar-refractivity contribution in [2.45, 2.75) is 45.1 Å². The van der Waals surface area contributed by atoms with E-state index in [9.17, 15) is 9.59 Å². The topological polar surface area (TPSA) is 94.5 Å². The van der Waals surface area contributed by atoms with Gasteiger partial charge in [0.1, 0.15) is 18.3 Å². The summed E-state index contributed by atoms with van der Waals surface area (Å²) in [6.45, 7) is 5.21. The lowest BCUT2D eigenvalue weighted by atomic mass is 9.89. The molecule has 152 valence electrons. The summed E-state index contributed by atoms with van der Waals surface area (Å²) in [5.41, 5.74) is 1.23. The number of likely N-dealkylation sites (tertiary alicyclic amines) is 1. The van der Waals surface area contributed by atoms with Gasteiger partial charge in [-0.05, 0) is 48.8 Å². The number of methoxy groups -OCH3 is 1. The zero-order chi connectivity index (χ0) is 20.5. The number of benzene rings is 1. The van der Waals surface area contributed by atoms with E-state index in [1.165, 1.54) is 5.56 Å². The Morgan fingerprint density at radius 3 is 2.64 bits per heavy atom. The van der Waals surface area contributed by atoms with Crippen LogP contribution in [0.1, 0.15) is 44.6 Å². The molecule has 0 saturated carbocycles. The van der Waals surface area contributed by atoms with Crippen molar-refractivity contribution in [2.24, 2.45) is 5.92 Å². The molecular weight excluding hydrogens is 356 g/mol. The Hall–Kier alpha value is -2.75. The average Bonchev–Trinajstić information content (AvgIpc) is 2.71. The number of hydrogen-bond donors (Lipinski definition) is 2. The van der Waals surface area contributed by atoms with Crippen LogP contribution in [0, 0.1) is 17.2 Å². The Kier molecular flexibility index (Phi) is 8.12. The minimum absolute atomic E-state index is 0.0603. The lowest BCUT2D eigenvalue weighted by Gasteiger charge is -2.33. The van der Waals surface area contributed by atoms with Crippen LogP contribution in [0.3, 0.4) is 0 Å². The highest BCUT2D eigenvalue weighted by atomic mass is 16.5. The van der Waals surface area contributed by atoms with Gasteiger partial charge in [0.05, 0.1) is 13.2 Å². The van der Waals surface area contributed by atoms with E-state index in [-0.39, 0.29) is 24.4 Å². The summed E-state index contributed by atoms with van der Waals surface area (Å²) in [7, 11) is 1.66. The number of carbonyl (C=O) groups excluding carboxylic acids is 2. The first-order valence-electron chi connectivity index (χ1n) is 9.78. The van der Waals surface area contributed by atoms with Crippen LogP contribution in [0.15, 0.2) is 24.3 Å². The predicted octanol–water partition coefficient (Wildman–Crippen LogP) is 2.64. The lowest BCUT2D eigenvalue weighted by Crippen LogP contribution is -2.53. The second-order valence-corrected chi connectivity index (χ2v) is 7.55. The fourth-order valence-corrected chi connectivity index (χ4v) is 3.50. The number of carbonyl (C=O) groups is 2. The van der Waals surface area contributed by atoms with Gasteiger partial charge in [-0.15, -0.1) is 0 Å². The molecule has 2 N–H and O–H groups in total. The highest BCUT2D eigenvalue weighted by Crippen LogP contribution is 2.30. The molecule has 0 aromatic heterocycles. The van der Waals surface area contributed by atoms with Crippen molar-refractivity contribution >= 4 is 11.9 Å². The fraction of sp³-hybridized carbons (Fsp3) is 0.571. The Morgan fingerprint density at radius 1 is 1.32 bits per heavy atom. The van der Waals surface area contributed by atoms with Crippen LogP contribution < -0.4 is 15.4 Å². The molecule has 3 amide bonds. The van der Waals surface area contributed by atoms with Crippen LogP contribution in [0.4, 0.5) is 4.79 Å². The SMILES string of the molecule is COc1cccc(C2CCN(C(=O)NC(CC(C)C)C(=O)NCC#N)CC2)c1. The van der Waals surface area contributed by atoms with Gasteiger partial charge in [0.2, 0.25) is 5.91 Å². The van der Waals surface area contributed by atoms with E-state index < -0.39 is 6.04 Å². The van der Waals surface area contributed by atoms with Crippen molar-refractivity contribution in [1.82, 2.24) is 15.5 Å². The van der Waals surface area contributed by atoms with Crippen molar-refractivity contribution in [3.05, 3.63) is 29.8 Å². The minimum atomic E-state index is -0.628. The summed E-state index contributed by atoms with van der Waals surface area (Å²) >= 11 is 0. The van der Waals surface area contributed by atoms with E-state index in [1.807, 2.05) is 32.0 Å². The number of urea groups is 1. The number of ether oxygens (including phenoxy) is 1. The third-order valence-corrected chi connectivity index (χ3v) is 5.01. The van der Waals surface area contributed by atoms with Crippen LogP contribution in [-0.2, 0) is 4.79 Å². The first kappa shape index (κ1) is 21.5. The molecule has 7 nitrogen and oxygen atoms in total. The van der Waals surface area contributed by atoms with Crippen LogP contribution in [0.25, 0.3) is 0 Å². The van der Waals surface area contributed by atoms with E-state index in [0.29, 0.717) is 25.4 Å². The molecule has 1 unspecified atom stereocenters. The number of nitrogens with one attached hydrogen (secondary N) is 2. The van der Waals surface area contributed by atoms with Gasteiger partial charge in [0, 0.05) is 13.1 Å². The third-order valence-electron chi connectivity index (χ3n) is 5.01. The van der Waals surface area contributed by atoms with Gasteiger partial charge >= 0.3 is 6.03 Å². The van der Waals surface area contributed by atoms with E-state index >= 15 is 0 Å². The van der Waals surface area contributed by atoms with Gasteiger partial charge in [-0.3, -0.25) is 4.79 Å². The van der Waals surface area contributed by atoms with Crippen LogP contribution >= 0.6 is 0 Å². The summed E-state index contributed by atoms with van der Waals surface area (Å²) in [6, 6.07) is 9.11. The zero-order valence-corrected chi connectivity index (χ0v) is 16.9. The molecule has 1 atom stereocenters. The molecule has 0 spiro atoms. The maximum atomic E-state index is 12.7. The van der Waals surface area contributed by atoms with Crippen LogP contribution in [0.5, 0.6) is 5.75 Å². The molecule has 7 heteroatoms. The molecular formula is C21H30N4O3. The molecule has 1 aromatic rings. The Balaban J connectivity index is 1.91. The maximum absolute atomic E-state index is 12.7. The number of hydrogen-bond acceptors (Lipinski definition) is 4. The normalized spacial score (nSPS) is 15.6. The average molecular weight is 386 g/mol. The van der Waals surface area contributed by atoms with Crippen molar-refractivity contribution in [1.29, 1.82) is 5.26 Å². The lowest BCUT2D eigenvalue weighted by molar-refractivity contribution is -0.123. The Morgan fingerprint density at radius 2 is 2.04 bits per heavy atom. The first-order chi connectivity index (χ1) is 13.4. The van der Waals surface area contributed by atoms with E-state index in [1.54, 1.807) is 12.0 Å². The van der Waals surface area contributed by atoms with E-state index in [0.717, 1.165) is 18.6 Å². The summed E-state index contributed by atoms with van der Waals surface area (Å²) in [6.07, 6.45) is 2.27. The number of amides is 3. The first-order valence-corrected chi connectivity index (χ1v) is 9.78. The molecule has 28 heavy (non-hydrogen) atoms. The summed E-state index contributed by atoms with van der Waals surface area (Å²) in [5, 5.41) is 14.0. The van der Waals surface area contributed by atoms with Crippen molar-refractivity contribution in [3.63, 3.8) is 0 Å². The Bertz CT molecular complexity index is 706. The number of nitrogens with zero attached hydrogens (tertiary/aromatic N) is 2. The number of piperidine rings is 1. The molecule has 0 aliphatic carbocycles. The molecule has 0 radical (unpaired) electrons. The van der Waals surface area contributed by atoms with E-state index in [2.05, 4.69) is 22.8 Å². The number of rotatable bonds is 7. The largest absolute Gasteiger partial charge is 0.497 e.